The number of hydrogen-bond acceptors (Lipinski definition) is 3. The van der Waals surface area contributed by atoms with Crippen LogP contribution in [0.1, 0.15) is 6.42 Å². The van der Waals surface area contributed by atoms with Crippen molar-refractivity contribution in [3.63, 3.8) is 0 Å². The summed E-state index contributed by atoms with van der Waals surface area (Å²) in [6, 6.07) is 0. The van der Waals surface area contributed by atoms with Gasteiger partial charge < -0.3 is 9.47 Å². The first-order chi connectivity index (χ1) is 4.71. The van der Waals surface area contributed by atoms with E-state index in [1.807, 2.05) is 14.1 Å². The van der Waals surface area contributed by atoms with Gasteiger partial charge >= 0.3 is 0 Å². The molecule has 0 radical (unpaired) electrons. The van der Waals surface area contributed by atoms with Gasteiger partial charge in [-0.3, -0.25) is 4.90 Å². The van der Waals surface area contributed by atoms with Crippen LogP contribution in [-0.2, 0) is 9.47 Å². The fourth-order valence-corrected chi connectivity index (χ4v) is 1.23. The highest BCUT2D eigenvalue weighted by atomic mass is 16.6. The van der Waals surface area contributed by atoms with Gasteiger partial charge in [0.25, 0.3) is 0 Å². The van der Waals surface area contributed by atoms with Gasteiger partial charge in [-0.25, -0.2) is 0 Å². The Morgan fingerprint density at radius 1 is 1.50 bits per heavy atom. The lowest BCUT2D eigenvalue weighted by Crippen LogP contribution is -2.46. The van der Waals surface area contributed by atoms with E-state index in [0.717, 1.165) is 13.0 Å². The van der Waals surface area contributed by atoms with Crippen molar-refractivity contribution in [3.8, 4) is 0 Å². The zero-order chi connectivity index (χ0) is 7.61. The number of ether oxygens (including phenoxy) is 2. The summed E-state index contributed by atoms with van der Waals surface area (Å²) in [4.78, 5) is 2.07. The number of methoxy groups -OCH3 is 1. The van der Waals surface area contributed by atoms with Crippen molar-refractivity contribution in [1.82, 2.24) is 4.90 Å². The average molecular weight is 145 g/mol. The van der Waals surface area contributed by atoms with Crippen LogP contribution in [0, 0.1) is 0 Å². The molecule has 3 nitrogen and oxygen atoms in total. The Morgan fingerprint density at radius 3 is 2.40 bits per heavy atom. The molecule has 0 saturated carbocycles. The number of likely N-dealkylation sites (N-methyl/N-ethyl adjacent to an activating group) is 1. The Hall–Kier alpha value is -0.120. The summed E-state index contributed by atoms with van der Waals surface area (Å²) in [5.74, 6) is 0. The maximum absolute atomic E-state index is 5.36. The number of hydrogen-bond donors (Lipinski definition) is 0. The van der Waals surface area contributed by atoms with Crippen LogP contribution < -0.4 is 0 Å². The van der Waals surface area contributed by atoms with Gasteiger partial charge in [0.2, 0.25) is 0 Å². The van der Waals surface area contributed by atoms with Gasteiger partial charge in [-0.1, -0.05) is 0 Å². The third-order valence-electron chi connectivity index (χ3n) is 2.16. The van der Waals surface area contributed by atoms with Gasteiger partial charge in [-0.15, -0.1) is 0 Å². The Kier molecular flexibility index (Phi) is 2.28. The molecule has 0 spiro atoms. The third-order valence-corrected chi connectivity index (χ3v) is 2.16. The molecule has 1 atom stereocenters. The van der Waals surface area contributed by atoms with Crippen molar-refractivity contribution in [2.75, 3.05) is 34.4 Å². The topological polar surface area (TPSA) is 21.7 Å². The summed E-state index contributed by atoms with van der Waals surface area (Å²) in [5.41, 5.74) is -0.153. The zero-order valence-corrected chi connectivity index (χ0v) is 6.89. The summed E-state index contributed by atoms with van der Waals surface area (Å²) < 4.78 is 10.6. The monoisotopic (exact) mass is 145 g/mol. The second-order valence-corrected chi connectivity index (χ2v) is 2.85. The average Bonchev–Trinajstić information content (AvgIpc) is 2.35. The fourth-order valence-electron chi connectivity index (χ4n) is 1.23. The molecule has 3 heteroatoms. The summed E-state index contributed by atoms with van der Waals surface area (Å²) in [6.45, 7) is 1.50. The van der Waals surface area contributed by atoms with Crippen LogP contribution in [0.2, 0.25) is 0 Å². The lowest BCUT2D eigenvalue weighted by atomic mass is 10.2. The Bertz CT molecular complexity index is 108. The van der Waals surface area contributed by atoms with E-state index in [1.54, 1.807) is 7.11 Å². The van der Waals surface area contributed by atoms with E-state index in [1.165, 1.54) is 0 Å². The van der Waals surface area contributed by atoms with Gasteiger partial charge in [-0.05, 0) is 14.1 Å². The lowest BCUT2D eigenvalue weighted by molar-refractivity contribution is -0.114. The maximum Gasteiger partial charge on any atom is 0.146 e. The van der Waals surface area contributed by atoms with Crippen molar-refractivity contribution in [2.45, 2.75) is 12.1 Å². The van der Waals surface area contributed by atoms with E-state index in [2.05, 4.69) is 4.90 Å². The van der Waals surface area contributed by atoms with Crippen molar-refractivity contribution in [3.05, 3.63) is 0 Å². The summed E-state index contributed by atoms with van der Waals surface area (Å²) in [5, 5.41) is 0. The van der Waals surface area contributed by atoms with E-state index in [9.17, 15) is 0 Å². The molecule has 0 amide bonds. The number of rotatable bonds is 2. The molecule has 0 aromatic carbocycles. The molecule has 60 valence electrons. The Morgan fingerprint density at radius 2 is 2.20 bits per heavy atom. The van der Waals surface area contributed by atoms with Crippen molar-refractivity contribution >= 4 is 0 Å². The van der Waals surface area contributed by atoms with Crippen LogP contribution in [0.25, 0.3) is 0 Å². The van der Waals surface area contributed by atoms with Crippen molar-refractivity contribution in [1.29, 1.82) is 0 Å². The van der Waals surface area contributed by atoms with Crippen LogP contribution >= 0.6 is 0 Å². The molecular weight excluding hydrogens is 130 g/mol. The van der Waals surface area contributed by atoms with E-state index in [-0.39, 0.29) is 5.72 Å². The molecule has 0 aromatic heterocycles. The molecule has 1 aliphatic rings. The second-order valence-electron chi connectivity index (χ2n) is 2.85. The first-order valence-electron chi connectivity index (χ1n) is 3.51. The molecule has 1 heterocycles. The maximum atomic E-state index is 5.36. The molecular formula is C7H15NO2. The predicted molar refractivity (Wildman–Crippen MR) is 38.9 cm³/mol. The predicted octanol–water partition coefficient (Wildman–Crippen LogP) is 0.311. The van der Waals surface area contributed by atoms with Crippen molar-refractivity contribution in [2.24, 2.45) is 0 Å². The lowest BCUT2D eigenvalue weighted by Gasteiger charge is -2.32. The Labute approximate surface area is 61.9 Å². The normalized spacial score (nSPS) is 33.6. The molecule has 0 N–H and O–H groups in total. The number of nitrogens with zero attached hydrogens (tertiary/aromatic N) is 1. The van der Waals surface area contributed by atoms with Crippen LogP contribution in [0.15, 0.2) is 0 Å². The Balaban J connectivity index is 2.58. The molecule has 1 aliphatic heterocycles. The summed E-state index contributed by atoms with van der Waals surface area (Å²) in [7, 11) is 5.76. The minimum Gasteiger partial charge on any atom is -0.377 e. The first-order valence-corrected chi connectivity index (χ1v) is 3.51. The molecule has 1 rings (SSSR count). The van der Waals surface area contributed by atoms with E-state index in [4.69, 9.17) is 9.47 Å². The van der Waals surface area contributed by atoms with E-state index >= 15 is 0 Å². The molecule has 0 bridgehead atoms. The van der Waals surface area contributed by atoms with Gasteiger partial charge in [0.15, 0.2) is 0 Å². The van der Waals surface area contributed by atoms with E-state index < -0.39 is 0 Å². The fraction of sp³-hybridized carbons (Fsp3) is 1.00. The van der Waals surface area contributed by atoms with Gasteiger partial charge in [0.05, 0.1) is 13.2 Å². The molecule has 10 heavy (non-hydrogen) atoms. The van der Waals surface area contributed by atoms with Crippen LogP contribution in [0.4, 0.5) is 0 Å². The van der Waals surface area contributed by atoms with E-state index in [0.29, 0.717) is 6.61 Å². The molecule has 0 aliphatic carbocycles. The van der Waals surface area contributed by atoms with Crippen LogP contribution in [-0.4, -0.2) is 45.0 Å². The highest BCUT2D eigenvalue weighted by molar-refractivity contribution is 4.81. The minimum atomic E-state index is -0.153. The second kappa shape index (κ2) is 2.86. The standard InChI is InChI=1S/C7H15NO2/c1-8(2)7(9-3)4-5-10-6-7/h4-6H2,1-3H3. The largest absolute Gasteiger partial charge is 0.377 e. The highest BCUT2D eigenvalue weighted by Gasteiger charge is 2.36. The quantitative estimate of drug-likeness (QED) is 0.522. The molecule has 1 saturated heterocycles. The minimum absolute atomic E-state index is 0.153. The smallest absolute Gasteiger partial charge is 0.146 e. The van der Waals surface area contributed by atoms with Gasteiger partial charge in [0, 0.05) is 13.5 Å². The highest BCUT2D eigenvalue weighted by Crippen LogP contribution is 2.23. The molecule has 0 aromatic rings. The van der Waals surface area contributed by atoms with Gasteiger partial charge in [0.1, 0.15) is 5.72 Å². The van der Waals surface area contributed by atoms with Crippen molar-refractivity contribution < 1.29 is 9.47 Å². The summed E-state index contributed by atoms with van der Waals surface area (Å²) >= 11 is 0. The molecule has 1 unspecified atom stereocenters. The summed E-state index contributed by atoms with van der Waals surface area (Å²) in [6.07, 6.45) is 0.969. The first kappa shape index (κ1) is 7.98. The van der Waals surface area contributed by atoms with Crippen LogP contribution in [0.3, 0.4) is 0 Å². The van der Waals surface area contributed by atoms with Crippen LogP contribution in [0.5, 0.6) is 0 Å². The zero-order valence-electron chi connectivity index (χ0n) is 6.89. The molecule has 1 fully saturated rings. The third kappa shape index (κ3) is 1.17. The van der Waals surface area contributed by atoms with Gasteiger partial charge in [-0.2, -0.15) is 0 Å². The SMILES string of the molecule is COC1(N(C)C)CCOC1.